The average Bonchev–Trinajstić information content (AvgIpc) is 2.68. The monoisotopic (exact) mass is 366 g/mol. The van der Waals surface area contributed by atoms with Crippen molar-refractivity contribution < 1.29 is 9.59 Å². The van der Waals surface area contributed by atoms with Gasteiger partial charge in [-0.15, -0.1) is 0 Å². The Morgan fingerprint density at radius 3 is 2.08 bits per heavy atom. The van der Waals surface area contributed by atoms with Gasteiger partial charge in [-0.3, -0.25) is 9.59 Å². The number of piperazine rings is 1. The molecule has 2 aliphatic rings. The van der Waals surface area contributed by atoms with Crippen LogP contribution in [0.1, 0.15) is 58.3 Å². The van der Waals surface area contributed by atoms with E-state index in [1.807, 2.05) is 9.80 Å². The van der Waals surface area contributed by atoms with Crippen molar-refractivity contribution >= 4 is 11.8 Å². The van der Waals surface area contributed by atoms with E-state index >= 15 is 0 Å². The van der Waals surface area contributed by atoms with E-state index in [1.165, 1.54) is 0 Å². The van der Waals surface area contributed by atoms with Gasteiger partial charge in [0.2, 0.25) is 11.8 Å². The van der Waals surface area contributed by atoms with Gasteiger partial charge in [-0.1, -0.05) is 19.8 Å². The van der Waals surface area contributed by atoms with Crippen LogP contribution in [0.25, 0.3) is 0 Å². The molecule has 0 aromatic heterocycles. The number of amides is 2. The summed E-state index contributed by atoms with van der Waals surface area (Å²) in [6, 6.07) is 0. The number of nitrogens with two attached hydrogens (primary N) is 1. The van der Waals surface area contributed by atoms with Gasteiger partial charge in [-0.25, -0.2) is 0 Å². The molecule has 0 unspecified atom stereocenters. The molecular formula is C20H38N4O2. The summed E-state index contributed by atoms with van der Waals surface area (Å²) >= 11 is 0. The Morgan fingerprint density at radius 1 is 0.846 bits per heavy atom. The summed E-state index contributed by atoms with van der Waals surface area (Å²) in [6.07, 6.45) is 7.52. The molecule has 2 heterocycles. The highest BCUT2D eigenvalue weighted by Crippen LogP contribution is 2.22. The lowest BCUT2D eigenvalue weighted by Gasteiger charge is -2.36. The quantitative estimate of drug-likeness (QED) is 0.631. The van der Waals surface area contributed by atoms with Crippen LogP contribution in [-0.2, 0) is 9.59 Å². The molecule has 2 N–H and O–H groups in total. The largest absolute Gasteiger partial charge is 0.343 e. The van der Waals surface area contributed by atoms with E-state index in [4.69, 9.17) is 5.73 Å². The first kappa shape index (κ1) is 21.2. The fourth-order valence-electron chi connectivity index (χ4n) is 4.01. The summed E-state index contributed by atoms with van der Waals surface area (Å²) in [6.45, 7) is 9.37. The topological polar surface area (TPSA) is 69.9 Å². The third-order valence-electron chi connectivity index (χ3n) is 5.95. The van der Waals surface area contributed by atoms with Crippen LogP contribution in [0.5, 0.6) is 0 Å². The van der Waals surface area contributed by atoms with Crippen LogP contribution < -0.4 is 5.73 Å². The molecular weight excluding hydrogens is 328 g/mol. The lowest BCUT2D eigenvalue weighted by Crippen LogP contribution is -2.49. The van der Waals surface area contributed by atoms with Crippen molar-refractivity contribution in [2.75, 3.05) is 52.4 Å². The van der Waals surface area contributed by atoms with Crippen molar-refractivity contribution in [2.24, 2.45) is 11.7 Å². The normalized spacial score (nSPS) is 19.8. The Hall–Kier alpha value is -1.14. The summed E-state index contributed by atoms with van der Waals surface area (Å²) in [5, 5.41) is 0. The molecule has 26 heavy (non-hydrogen) atoms. The molecule has 2 rings (SSSR count). The van der Waals surface area contributed by atoms with Gasteiger partial charge in [0, 0.05) is 52.1 Å². The SMILES string of the molecule is CCN1CCN(C(=O)CC2CCN(C(=O)CCCCCCN)CC2)CC1. The maximum atomic E-state index is 12.5. The standard InChI is InChI=1S/C20H38N4O2/c1-2-22-13-15-24(16-14-22)20(26)17-18-8-11-23(12-9-18)19(25)7-5-3-4-6-10-21/h18H,2-17,21H2,1H3. The van der Waals surface area contributed by atoms with Crippen LogP contribution in [0.4, 0.5) is 0 Å². The van der Waals surface area contributed by atoms with Gasteiger partial charge in [0.15, 0.2) is 0 Å². The van der Waals surface area contributed by atoms with Gasteiger partial charge >= 0.3 is 0 Å². The van der Waals surface area contributed by atoms with Crippen molar-refractivity contribution in [3.63, 3.8) is 0 Å². The average molecular weight is 367 g/mol. The van der Waals surface area contributed by atoms with E-state index in [0.717, 1.165) is 90.9 Å². The van der Waals surface area contributed by atoms with Gasteiger partial charge in [0.05, 0.1) is 0 Å². The molecule has 0 aromatic carbocycles. The number of nitrogens with zero attached hydrogens (tertiary/aromatic N) is 3. The molecule has 150 valence electrons. The fourth-order valence-corrected chi connectivity index (χ4v) is 4.01. The number of piperidine rings is 1. The Labute approximate surface area is 159 Å². The van der Waals surface area contributed by atoms with E-state index in [1.54, 1.807) is 0 Å². The van der Waals surface area contributed by atoms with Crippen molar-refractivity contribution in [2.45, 2.75) is 58.3 Å². The minimum atomic E-state index is 0.290. The first-order valence-corrected chi connectivity index (χ1v) is 10.6. The van der Waals surface area contributed by atoms with E-state index in [2.05, 4.69) is 11.8 Å². The molecule has 2 saturated heterocycles. The third kappa shape index (κ3) is 6.88. The zero-order chi connectivity index (χ0) is 18.8. The van der Waals surface area contributed by atoms with E-state index in [-0.39, 0.29) is 0 Å². The van der Waals surface area contributed by atoms with Gasteiger partial charge in [0.25, 0.3) is 0 Å². The zero-order valence-electron chi connectivity index (χ0n) is 16.6. The summed E-state index contributed by atoms with van der Waals surface area (Å²) in [7, 11) is 0. The second-order valence-electron chi connectivity index (χ2n) is 7.80. The highest BCUT2D eigenvalue weighted by atomic mass is 16.2. The molecule has 6 heteroatoms. The summed E-state index contributed by atoms with van der Waals surface area (Å²) in [5.41, 5.74) is 5.49. The summed E-state index contributed by atoms with van der Waals surface area (Å²) in [5.74, 6) is 1.05. The number of hydrogen-bond donors (Lipinski definition) is 1. The molecule has 0 spiro atoms. The number of carbonyl (C=O) groups is 2. The number of hydrogen-bond acceptors (Lipinski definition) is 4. The second kappa shape index (κ2) is 11.5. The highest BCUT2D eigenvalue weighted by Gasteiger charge is 2.27. The molecule has 2 aliphatic heterocycles. The molecule has 0 aliphatic carbocycles. The van der Waals surface area contributed by atoms with E-state index in [0.29, 0.717) is 30.6 Å². The predicted molar refractivity (Wildman–Crippen MR) is 105 cm³/mol. The maximum absolute atomic E-state index is 12.5. The number of carbonyl (C=O) groups excluding carboxylic acids is 2. The van der Waals surface area contributed by atoms with Crippen LogP contribution in [-0.4, -0.2) is 78.9 Å². The van der Waals surface area contributed by atoms with Gasteiger partial charge in [-0.05, 0) is 44.7 Å². The smallest absolute Gasteiger partial charge is 0.222 e. The lowest BCUT2D eigenvalue weighted by molar-refractivity contribution is -0.135. The molecule has 6 nitrogen and oxygen atoms in total. The highest BCUT2D eigenvalue weighted by molar-refractivity contribution is 5.77. The Bertz CT molecular complexity index is 428. The van der Waals surface area contributed by atoms with Crippen molar-refractivity contribution in [1.82, 2.24) is 14.7 Å². The molecule has 0 saturated carbocycles. The van der Waals surface area contributed by atoms with Gasteiger partial charge in [0.1, 0.15) is 0 Å². The maximum Gasteiger partial charge on any atom is 0.222 e. The van der Waals surface area contributed by atoms with Gasteiger partial charge < -0.3 is 20.4 Å². The Balaban J connectivity index is 1.60. The molecule has 2 amide bonds. The molecule has 0 atom stereocenters. The zero-order valence-corrected chi connectivity index (χ0v) is 16.6. The minimum Gasteiger partial charge on any atom is -0.343 e. The Morgan fingerprint density at radius 2 is 1.46 bits per heavy atom. The number of unbranched alkanes of at least 4 members (excludes halogenated alkanes) is 3. The van der Waals surface area contributed by atoms with Crippen LogP contribution in [0.3, 0.4) is 0 Å². The fraction of sp³-hybridized carbons (Fsp3) is 0.900. The van der Waals surface area contributed by atoms with Crippen LogP contribution >= 0.6 is 0 Å². The van der Waals surface area contributed by atoms with Crippen molar-refractivity contribution in [1.29, 1.82) is 0 Å². The molecule has 0 radical (unpaired) electrons. The Kier molecular flexibility index (Phi) is 9.40. The third-order valence-corrected chi connectivity index (χ3v) is 5.95. The molecule has 0 aromatic rings. The predicted octanol–water partition coefficient (Wildman–Crippen LogP) is 1.69. The lowest BCUT2D eigenvalue weighted by atomic mass is 9.92. The number of likely N-dealkylation sites (N-methyl/N-ethyl adjacent to an activating group) is 1. The second-order valence-corrected chi connectivity index (χ2v) is 7.80. The van der Waals surface area contributed by atoms with Crippen molar-refractivity contribution in [3.8, 4) is 0 Å². The summed E-state index contributed by atoms with van der Waals surface area (Å²) < 4.78 is 0. The van der Waals surface area contributed by atoms with Crippen LogP contribution in [0.15, 0.2) is 0 Å². The van der Waals surface area contributed by atoms with Crippen LogP contribution in [0.2, 0.25) is 0 Å². The van der Waals surface area contributed by atoms with E-state index < -0.39 is 0 Å². The molecule has 0 bridgehead atoms. The number of likely N-dealkylation sites (tertiary alicyclic amines) is 1. The van der Waals surface area contributed by atoms with E-state index in [9.17, 15) is 9.59 Å². The summed E-state index contributed by atoms with van der Waals surface area (Å²) in [4.78, 5) is 31.2. The van der Waals surface area contributed by atoms with Gasteiger partial charge in [-0.2, -0.15) is 0 Å². The first-order valence-electron chi connectivity index (χ1n) is 10.6. The molecule has 2 fully saturated rings. The van der Waals surface area contributed by atoms with Crippen LogP contribution in [0, 0.1) is 5.92 Å². The van der Waals surface area contributed by atoms with Crippen molar-refractivity contribution in [3.05, 3.63) is 0 Å². The first-order chi connectivity index (χ1) is 12.6. The minimum absolute atomic E-state index is 0.290. The number of rotatable bonds is 9.